The van der Waals surface area contributed by atoms with E-state index in [9.17, 15) is 5.11 Å². The summed E-state index contributed by atoms with van der Waals surface area (Å²) in [6, 6.07) is 3.81. The summed E-state index contributed by atoms with van der Waals surface area (Å²) in [5, 5.41) is 12.9. The molecule has 15 heavy (non-hydrogen) atoms. The largest absolute Gasteiger partial charge is 0.388 e. The Labute approximate surface area is 91.5 Å². The molecule has 3 heteroatoms. The molecule has 1 aromatic heterocycles. The van der Waals surface area contributed by atoms with Crippen molar-refractivity contribution in [2.24, 2.45) is 0 Å². The Hall–Kier alpha value is -1.09. The maximum absolute atomic E-state index is 9.59. The summed E-state index contributed by atoms with van der Waals surface area (Å²) in [6.07, 6.45) is 2.04. The molecule has 1 atom stereocenters. The topological polar surface area (TPSA) is 45.1 Å². The molecule has 0 aliphatic rings. The summed E-state index contributed by atoms with van der Waals surface area (Å²) in [5.74, 6) is 0.842. The summed E-state index contributed by atoms with van der Waals surface area (Å²) < 4.78 is 0. The number of aliphatic hydroxyl groups excluding tert-OH is 1. The van der Waals surface area contributed by atoms with Gasteiger partial charge in [-0.1, -0.05) is 13.0 Å². The predicted molar refractivity (Wildman–Crippen MR) is 62.9 cm³/mol. The van der Waals surface area contributed by atoms with E-state index in [1.54, 1.807) is 6.20 Å². The van der Waals surface area contributed by atoms with Crippen molar-refractivity contribution in [2.75, 3.05) is 5.32 Å². The van der Waals surface area contributed by atoms with Crippen LogP contribution in [0.15, 0.2) is 18.3 Å². The van der Waals surface area contributed by atoms with Crippen LogP contribution >= 0.6 is 0 Å². The number of nitrogens with zero attached hydrogens (tertiary/aromatic N) is 1. The van der Waals surface area contributed by atoms with Crippen LogP contribution in [0.2, 0.25) is 0 Å². The zero-order chi connectivity index (χ0) is 11.5. The number of aromatic nitrogens is 1. The van der Waals surface area contributed by atoms with Gasteiger partial charge >= 0.3 is 0 Å². The highest BCUT2D eigenvalue weighted by Crippen LogP contribution is 2.18. The van der Waals surface area contributed by atoms with Crippen LogP contribution in [0.1, 0.15) is 45.8 Å². The Kier molecular flexibility index (Phi) is 3.69. The molecule has 1 heterocycles. The maximum Gasteiger partial charge on any atom is 0.126 e. The lowest BCUT2D eigenvalue weighted by atomic mass is 10.1. The fourth-order valence-electron chi connectivity index (χ4n) is 1.30. The number of rotatable bonds is 3. The molecule has 0 aliphatic carbocycles. The minimum absolute atomic E-state index is 0.0118. The molecule has 1 rings (SSSR count). The zero-order valence-corrected chi connectivity index (χ0v) is 9.91. The minimum Gasteiger partial charge on any atom is -0.388 e. The van der Waals surface area contributed by atoms with Crippen LogP contribution in [0.25, 0.3) is 0 Å². The van der Waals surface area contributed by atoms with Gasteiger partial charge in [0.05, 0.1) is 6.10 Å². The Bertz CT molecular complexity index is 300. The fraction of sp³-hybridized carbons (Fsp3) is 0.583. The van der Waals surface area contributed by atoms with Gasteiger partial charge in [0.25, 0.3) is 0 Å². The molecule has 0 bridgehead atoms. The first-order chi connectivity index (χ1) is 6.92. The molecule has 0 aromatic carbocycles. The van der Waals surface area contributed by atoms with Crippen molar-refractivity contribution in [3.63, 3.8) is 0 Å². The molecule has 3 nitrogen and oxygen atoms in total. The molecule has 0 amide bonds. The van der Waals surface area contributed by atoms with Crippen molar-refractivity contribution in [3.05, 3.63) is 23.9 Å². The number of aliphatic hydroxyl groups is 1. The molecular formula is C12H20N2O. The van der Waals surface area contributed by atoms with Crippen molar-refractivity contribution in [3.8, 4) is 0 Å². The summed E-state index contributed by atoms with van der Waals surface area (Å²) in [6.45, 7) is 8.21. The van der Waals surface area contributed by atoms with Crippen molar-refractivity contribution < 1.29 is 5.11 Å². The number of hydrogen-bond acceptors (Lipinski definition) is 3. The van der Waals surface area contributed by atoms with Gasteiger partial charge in [-0.3, -0.25) is 0 Å². The van der Waals surface area contributed by atoms with Crippen LogP contribution < -0.4 is 5.32 Å². The number of anilines is 1. The van der Waals surface area contributed by atoms with Gasteiger partial charge in [0.1, 0.15) is 5.82 Å². The second kappa shape index (κ2) is 4.62. The second-order valence-corrected chi connectivity index (χ2v) is 4.78. The number of nitrogens with one attached hydrogen (secondary N) is 1. The van der Waals surface area contributed by atoms with E-state index in [-0.39, 0.29) is 5.54 Å². The molecule has 0 spiro atoms. The third-order valence-corrected chi connectivity index (χ3v) is 2.06. The Balaban J connectivity index is 2.72. The van der Waals surface area contributed by atoms with Crippen LogP contribution in [0, 0.1) is 0 Å². The van der Waals surface area contributed by atoms with Crippen molar-refractivity contribution in [1.82, 2.24) is 4.98 Å². The van der Waals surface area contributed by atoms with Crippen LogP contribution in [0.5, 0.6) is 0 Å². The molecule has 1 unspecified atom stereocenters. The first-order valence-corrected chi connectivity index (χ1v) is 5.34. The molecule has 2 N–H and O–H groups in total. The van der Waals surface area contributed by atoms with Crippen LogP contribution in [-0.2, 0) is 0 Å². The summed E-state index contributed by atoms with van der Waals surface area (Å²) in [5.41, 5.74) is 0.884. The zero-order valence-electron chi connectivity index (χ0n) is 9.91. The van der Waals surface area contributed by atoms with E-state index < -0.39 is 6.10 Å². The van der Waals surface area contributed by atoms with E-state index in [1.165, 1.54) is 0 Å². The van der Waals surface area contributed by atoms with Crippen LogP contribution in [-0.4, -0.2) is 15.6 Å². The average Bonchev–Trinajstić information content (AvgIpc) is 2.15. The fourth-order valence-corrected chi connectivity index (χ4v) is 1.30. The molecule has 0 aliphatic heterocycles. The highest BCUT2D eigenvalue weighted by Gasteiger charge is 2.10. The summed E-state index contributed by atoms with van der Waals surface area (Å²) >= 11 is 0. The molecule has 1 aromatic rings. The van der Waals surface area contributed by atoms with E-state index in [4.69, 9.17) is 0 Å². The van der Waals surface area contributed by atoms with Crippen molar-refractivity contribution in [1.29, 1.82) is 0 Å². The lowest BCUT2D eigenvalue weighted by Crippen LogP contribution is -2.26. The first kappa shape index (κ1) is 12.0. The van der Waals surface area contributed by atoms with Gasteiger partial charge in [-0.25, -0.2) is 4.98 Å². The predicted octanol–water partition coefficient (Wildman–Crippen LogP) is 2.74. The lowest BCUT2D eigenvalue weighted by molar-refractivity contribution is 0.173. The van der Waals surface area contributed by atoms with Gasteiger partial charge in [-0.15, -0.1) is 0 Å². The van der Waals surface area contributed by atoms with Gasteiger partial charge in [0.15, 0.2) is 0 Å². The third kappa shape index (κ3) is 3.88. The van der Waals surface area contributed by atoms with E-state index in [1.807, 2.05) is 19.1 Å². The van der Waals surface area contributed by atoms with E-state index in [0.717, 1.165) is 11.4 Å². The lowest BCUT2D eigenvalue weighted by Gasteiger charge is -2.21. The molecule has 0 saturated carbocycles. The SMILES string of the molecule is CCC(O)c1ccc(NC(C)(C)C)nc1. The molecule has 0 saturated heterocycles. The smallest absolute Gasteiger partial charge is 0.126 e. The Morgan fingerprint density at radius 3 is 2.47 bits per heavy atom. The second-order valence-electron chi connectivity index (χ2n) is 4.78. The average molecular weight is 208 g/mol. The quantitative estimate of drug-likeness (QED) is 0.802. The van der Waals surface area contributed by atoms with Crippen LogP contribution in [0.4, 0.5) is 5.82 Å². The molecule has 0 radical (unpaired) electrons. The molecule has 84 valence electrons. The standard InChI is InChI=1S/C12H20N2O/c1-5-10(15)9-6-7-11(13-8-9)14-12(2,3)4/h6-8,10,15H,5H2,1-4H3,(H,13,14). The third-order valence-electron chi connectivity index (χ3n) is 2.06. The minimum atomic E-state index is -0.402. The van der Waals surface area contributed by atoms with E-state index in [0.29, 0.717) is 6.42 Å². The highest BCUT2D eigenvalue weighted by molar-refractivity contribution is 5.38. The molecule has 0 fully saturated rings. The van der Waals surface area contributed by atoms with Gasteiger partial charge < -0.3 is 10.4 Å². The monoisotopic (exact) mass is 208 g/mol. The first-order valence-electron chi connectivity index (χ1n) is 5.34. The van der Waals surface area contributed by atoms with Crippen LogP contribution in [0.3, 0.4) is 0 Å². The van der Waals surface area contributed by atoms with Gasteiger partial charge in [-0.2, -0.15) is 0 Å². The number of pyridine rings is 1. The Morgan fingerprint density at radius 1 is 1.40 bits per heavy atom. The van der Waals surface area contributed by atoms with E-state index >= 15 is 0 Å². The number of hydrogen-bond donors (Lipinski definition) is 2. The van der Waals surface area contributed by atoms with Gasteiger partial charge in [0.2, 0.25) is 0 Å². The van der Waals surface area contributed by atoms with E-state index in [2.05, 4.69) is 31.1 Å². The molecular weight excluding hydrogens is 188 g/mol. The Morgan fingerprint density at radius 2 is 2.07 bits per heavy atom. The normalized spacial score (nSPS) is 13.7. The van der Waals surface area contributed by atoms with Crippen molar-refractivity contribution >= 4 is 5.82 Å². The maximum atomic E-state index is 9.59. The summed E-state index contributed by atoms with van der Waals surface area (Å²) in [7, 11) is 0. The van der Waals surface area contributed by atoms with Crippen molar-refractivity contribution in [2.45, 2.75) is 45.8 Å². The highest BCUT2D eigenvalue weighted by atomic mass is 16.3. The summed E-state index contributed by atoms with van der Waals surface area (Å²) in [4.78, 5) is 4.26. The van der Waals surface area contributed by atoms with Gasteiger partial charge in [0, 0.05) is 11.7 Å². The van der Waals surface area contributed by atoms with Gasteiger partial charge in [-0.05, 0) is 38.8 Å².